The number of aryl methyl sites for hydroxylation is 2. The molecule has 0 saturated heterocycles. The van der Waals surface area contributed by atoms with Crippen LogP contribution in [-0.4, -0.2) is 34.5 Å². The van der Waals surface area contributed by atoms with Gasteiger partial charge in [-0.15, -0.1) is 11.8 Å². The van der Waals surface area contributed by atoms with E-state index in [1.165, 1.54) is 23.1 Å². The zero-order chi connectivity index (χ0) is 19.3. The standard InChI is InChI=1S/C17H20N4O3S2/c1-9-5-4-6-12(7-9)15(24)19-10(2)14(23)21-17-20-11(3)16(26-17)25-8-13(18)22/h4-7,10H,8H2,1-3H3,(H2,18,22)(H,19,24)(H,20,21,23). The third-order valence-electron chi connectivity index (χ3n) is 3.35. The number of hydrogen-bond donors (Lipinski definition) is 3. The first-order chi connectivity index (χ1) is 12.3. The van der Waals surface area contributed by atoms with Crippen molar-refractivity contribution in [1.82, 2.24) is 10.3 Å². The molecule has 138 valence electrons. The number of amides is 3. The van der Waals surface area contributed by atoms with Gasteiger partial charge in [-0.05, 0) is 32.9 Å². The van der Waals surface area contributed by atoms with Crippen LogP contribution in [0.15, 0.2) is 28.5 Å². The van der Waals surface area contributed by atoms with E-state index in [4.69, 9.17) is 5.73 Å². The van der Waals surface area contributed by atoms with Gasteiger partial charge in [0.1, 0.15) is 6.04 Å². The van der Waals surface area contributed by atoms with Crippen molar-refractivity contribution in [2.45, 2.75) is 31.0 Å². The van der Waals surface area contributed by atoms with Gasteiger partial charge in [-0.2, -0.15) is 0 Å². The number of aromatic nitrogens is 1. The number of primary amides is 1. The Bertz CT molecular complexity index is 835. The smallest absolute Gasteiger partial charge is 0.251 e. The summed E-state index contributed by atoms with van der Waals surface area (Å²) in [6, 6.07) is 6.41. The molecule has 4 N–H and O–H groups in total. The molecule has 1 unspecified atom stereocenters. The van der Waals surface area contributed by atoms with E-state index < -0.39 is 11.9 Å². The average molecular weight is 393 g/mol. The second-order valence-electron chi connectivity index (χ2n) is 5.70. The van der Waals surface area contributed by atoms with E-state index in [-0.39, 0.29) is 17.6 Å². The summed E-state index contributed by atoms with van der Waals surface area (Å²) in [7, 11) is 0. The molecule has 0 spiro atoms. The molecule has 1 atom stereocenters. The number of anilines is 1. The lowest BCUT2D eigenvalue weighted by atomic mass is 10.1. The van der Waals surface area contributed by atoms with Crippen LogP contribution in [0.2, 0.25) is 0 Å². The van der Waals surface area contributed by atoms with Gasteiger partial charge >= 0.3 is 0 Å². The zero-order valence-electron chi connectivity index (χ0n) is 14.7. The van der Waals surface area contributed by atoms with Crippen LogP contribution in [-0.2, 0) is 9.59 Å². The summed E-state index contributed by atoms with van der Waals surface area (Å²) in [6.45, 7) is 5.29. The number of nitrogens with two attached hydrogens (primary N) is 1. The van der Waals surface area contributed by atoms with Crippen LogP contribution in [0.5, 0.6) is 0 Å². The molecular weight excluding hydrogens is 372 g/mol. The number of thiazole rings is 1. The molecule has 1 heterocycles. The Morgan fingerprint density at radius 2 is 2.04 bits per heavy atom. The van der Waals surface area contributed by atoms with E-state index in [1.54, 1.807) is 32.0 Å². The number of thioether (sulfide) groups is 1. The highest BCUT2D eigenvalue weighted by Gasteiger charge is 2.19. The van der Waals surface area contributed by atoms with E-state index >= 15 is 0 Å². The second-order valence-corrected chi connectivity index (χ2v) is 7.94. The minimum Gasteiger partial charge on any atom is -0.369 e. The molecule has 2 aromatic rings. The highest BCUT2D eigenvalue weighted by Crippen LogP contribution is 2.31. The Labute approximate surface area is 159 Å². The van der Waals surface area contributed by atoms with E-state index in [2.05, 4.69) is 15.6 Å². The Balaban J connectivity index is 1.95. The highest BCUT2D eigenvalue weighted by atomic mass is 32.2. The first-order valence-electron chi connectivity index (χ1n) is 7.83. The van der Waals surface area contributed by atoms with E-state index in [9.17, 15) is 14.4 Å². The minimum atomic E-state index is -0.728. The number of nitrogens with one attached hydrogen (secondary N) is 2. The van der Waals surface area contributed by atoms with Gasteiger partial charge in [0.25, 0.3) is 5.91 Å². The van der Waals surface area contributed by atoms with E-state index in [1.807, 2.05) is 13.0 Å². The molecule has 0 aliphatic rings. The topological polar surface area (TPSA) is 114 Å². The molecule has 0 aliphatic heterocycles. The van der Waals surface area contributed by atoms with Crippen molar-refractivity contribution in [2.24, 2.45) is 5.73 Å². The number of carbonyl (C=O) groups is 3. The Hall–Kier alpha value is -2.39. The average Bonchev–Trinajstić information content (AvgIpc) is 2.92. The lowest BCUT2D eigenvalue weighted by molar-refractivity contribution is -0.117. The SMILES string of the molecule is Cc1cccc(C(=O)NC(C)C(=O)Nc2nc(C)c(SCC(N)=O)s2)c1. The third-order valence-corrected chi connectivity index (χ3v) is 5.81. The maximum atomic E-state index is 12.3. The maximum Gasteiger partial charge on any atom is 0.251 e. The minimum absolute atomic E-state index is 0.152. The summed E-state index contributed by atoms with van der Waals surface area (Å²) in [5.74, 6) is -0.948. The van der Waals surface area contributed by atoms with Crippen LogP contribution in [0.4, 0.5) is 5.13 Å². The molecule has 2 rings (SSSR count). The van der Waals surface area contributed by atoms with Crippen LogP contribution < -0.4 is 16.4 Å². The molecule has 0 radical (unpaired) electrons. The molecule has 0 saturated carbocycles. The number of benzene rings is 1. The van der Waals surface area contributed by atoms with Crippen molar-refractivity contribution >= 4 is 46.0 Å². The molecule has 1 aromatic carbocycles. The van der Waals surface area contributed by atoms with Gasteiger partial charge in [-0.25, -0.2) is 4.98 Å². The lowest BCUT2D eigenvalue weighted by Gasteiger charge is -2.13. The Kier molecular flexibility index (Phi) is 6.76. The van der Waals surface area contributed by atoms with Crippen molar-refractivity contribution in [3.05, 3.63) is 41.1 Å². The van der Waals surface area contributed by atoms with Gasteiger partial charge in [0.05, 0.1) is 15.7 Å². The predicted molar refractivity (Wildman–Crippen MR) is 104 cm³/mol. The van der Waals surface area contributed by atoms with Crippen molar-refractivity contribution in [1.29, 1.82) is 0 Å². The fourth-order valence-electron chi connectivity index (χ4n) is 2.05. The second kappa shape index (κ2) is 8.81. The number of hydrogen-bond acceptors (Lipinski definition) is 6. The fourth-order valence-corrected chi connectivity index (χ4v) is 3.93. The number of rotatable bonds is 7. The van der Waals surface area contributed by atoms with Crippen molar-refractivity contribution in [3.8, 4) is 0 Å². The Morgan fingerprint density at radius 1 is 1.31 bits per heavy atom. The van der Waals surface area contributed by atoms with Crippen LogP contribution >= 0.6 is 23.1 Å². The van der Waals surface area contributed by atoms with E-state index in [0.717, 1.165) is 9.77 Å². The normalized spacial score (nSPS) is 11.7. The Morgan fingerprint density at radius 3 is 2.69 bits per heavy atom. The van der Waals surface area contributed by atoms with Gasteiger partial charge in [0.15, 0.2) is 5.13 Å². The molecule has 0 bridgehead atoms. The monoisotopic (exact) mass is 392 g/mol. The summed E-state index contributed by atoms with van der Waals surface area (Å²) in [6.07, 6.45) is 0. The fraction of sp³-hybridized carbons (Fsp3) is 0.294. The van der Waals surface area contributed by atoms with Crippen LogP contribution in [0.1, 0.15) is 28.5 Å². The summed E-state index contributed by atoms with van der Waals surface area (Å²) >= 11 is 2.55. The van der Waals surface area contributed by atoms with Crippen LogP contribution in [0.25, 0.3) is 0 Å². The largest absolute Gasteiger partial charge is 0.369 e. The molecular formula is C17H20N4O3S2. The summed E-state index contributed by atoms with van der Waals surface area (Å²) < 4.78 is 0.815. The number of carbonyl (C=O) groups excluding carboxylic acids is 3. The van der Waals surface area contributed by atoms with E-state index in [0.29, 0.717) is 16.4 Å². The van der Waals surface area contributed by atoms with Crippen LogP contribution in [0.3, 0.4) is 0 Å². The van der Waals surface area contributed by atoms with Crippen molar-refractivity contribution in [3.63, 3.8) is 0 Å². The predicted octanol–water partition coefficient (Wildman–Crippen LogP) is 2.09. The number of nitrogens with zero attached hydrogens (tertiary/aromatic N) is 1. The maximum absolute atomic E-state index is 12.3. The molecule has 1 aromatic heterocycles. The van der Waals surface area contributed by atoms with Crippen molar-refractivity contribution < 1.29 is 14.4 Å². The summed E-state index contributed by atoms with van der Waals surface area (Å²) in [5, 5.41) is 5.76. The molecule has 0 fully saturated rings. The first kappa shape index (κ1) is 19.9. The summed E-state index contributed by atoms with van der Waals surface area (Å²) in [4.78, 5) is 39.6. The third kappa shape index (κ3) is 5.57. The molecule has 0 aliphatic carbocycles. The van der Waals surface area contributed by atoms with Gasteiger partial charge in [-0.1, -0.05) is 29.0 Å². The zero-order valence-corrected chi connectivity index (χ0v) is 16.3. The molecule has 26 heavy (non-hydrogen) atoms. The summed E-state index contributed by atoms with van der Waals surface area (Å²) in [5.41, 5.74) is 7.32. The van der Waals surface area contributed by atoms with Gasteiger partial charge in [0, 0.05) is 5.56 Å². The van der Waals surface area contributed by atoms with Gasteiger partial charge in [-0.3, -0.25) is 14.4 Å². The van der Waals surface area contributed by atoms with Gasteiger partial charge in [0.2, 0.25) is 11.8 Å². The van der Waals surface area contributed by atoms with Crippen molar-refractivity contribution in [2.75, 3.05) is 11.1 Å². The molecule has 7 nitrogen and oxygen atoms in total. The quantitative estimate of drug-likeness (QED) is 0.624. The molecule has 3 amide bonds. The lowest BCUT2D eigenvalue weighted by Crippen LogP contribution is -2.41. The van der Waals surface area contributed by atoms with Crippen LogP contribution in [0, 0.1) is 13.8 Å². The first-order valence-corrected chi connectivity index (χ1v) is 9.63. The molecule has 9 heteroatoms. The highest BCUT2D eigenvalue weighted by molar-refractivity contribution is 8.01. The van der Waals surface area contributed by atoms with Gasteiger partial charge < -0.3 is 16.4 Å².